The lowest BCUT2D eigenvalue weighted by Crippen LogP contribution is -2.52. The first-order chi connectivity index (χ1) is 15.8. The number of hydrogen-bond donors (Lipinski definition) is 1. The Hall–Kier alpha value is -2.36. The highest BCUT2D eigenvalue weighted by Gasteiger charge is 2.31. The second kappa shape index (κ2) is 11.9. The molecule has 0 radical (unpaired) electrons. The van der Waals surface area contributed by atoms with Gasteiger partial charge in [0.05, 0.1) is 17.0 Å². The summed E-state index contributed by atoms with van der Waals surface area (Å²) in [5.74, 6) is -1.68. The molecule has 0 aliphatic heterocycles. The molecule has 1 N–H and O–H groups in total. The number of amides is 2. The summed E-state index contributed by atoms with van der Waals surface area (Å²) < 4.78 is 40.3. The molecule has 0 aliphatic carbocycles. The molecule has 2 rings (SSSR count). The fourth-order valence-corrected chi connectivity index (χ4v) is 4.56. The molecular formula is C23H28Cl2FN3O4S. The summed E-state index contributed by atoms with van der Waals surface area (Å²) in [4.78, 5) is 27.4. The second-order valence-electron chi connectivity index (χ2n) is 7.97. The third-order valence-electron chi connectivity index (χ3n) is 5.32. The standard InChI is InChI=1S/C23H28Cl2FN3O4S/c1-5-15(2)27-23(31)16(3)28(13-17-8-6-7-9-20(17)26)22(30)14-29(34(4,32)33)21-11-10-18(24)12-19(21)25/h6-12,15-16H,5,13-14H2,1-4H3,(H,27,31)/t15-,16-/m1/s1. The number of sulfonamides is 1. The molecule has 2 aromatic rings. The minimum absolute atomic E-state index is 0.0361. The van der Waals surface area contributed by atoms with Gasteiger partial charge in [-0.05, 0) is 44.5 Å². The second-order valence-corrected chi connectivity index (χ2v) is 10.7. The van der Waals surface area contributed by atoms with Gasteiger partial charge in [0.25, 0.3) is 0 Å². The molecule has 2 amide bonds. The van der Waals surface area contributed by atoms with Crippen LogP contribution in [0.3, 0.4) is 0 Å². The van der Waals surface area contributed by atoms with Gasteiger partial charge in [-0.1, -0.05) is 48.3 Å². The quantitative estimate of drug-likeness (QED) is 0.496. The summed E-state index contributed by atoms with van der Waals surface area (Å²) in [5.41, 5.74) is 0.249. The van der Waals surface area contributed by atoms with E-state index in [0.717, 1.165) is 15.5 Å². The molecule has 11 heteroatoms. The molecule has 0 bridgehead atoms. The molecule has 0 aliphatic rings. The summed E-state index contributed by atoms with van der Waals surface area (Å²) in [6, 6.07) is 8.94. The summed E-state index contributed by atoms with van der Waals surface area (Å²) in [6.07, 6.45) is 1.61. The van der Waals surface area contributed by atoms with Crippen molar-refractivity contribution in [2.75, 3.05) is 17.1 Å². The highest BCUT2D eigenvalue weighted by atomic mass is 35.5. The smallest absolute Gasteiger partial charge is 0.244 e. The van der Waals surface area contributed by atoms with E-state index in [4.69, 9.17) is 23.2 Å². The van der Waals surface area contributed by atoms with E-state index in [1.165, 1.54) is 43.3 Å². The summed E-state index contributed by atoms with van der Waals surface area (Å²) >= 11 is 12.1. The van der Waals surface area contributed by atoms with Gasteiger partial charge in [0.1, 0.15) is 18.4 Å². The first-order valence-electron chi connectivity index (χ1n) is 10.6. The summed E-state index contributed by atoms with van der Waals surface area (Å²) in [7, 11) is -3.95. The van der Waals surface area contributed by atoms with Gasteiger partial charge in [-0.15, -0.1) is 0 Å². The lowest BCUT2D eigenvalue weighted by molar-refractivity contribution is -0.139. The maximum atomic E-state index is 14.4. The van der Waals surface area contributed by atoms with E-state index in [-0.39, 0.29) is 28.9 Å². The van der Waals surface area contributed by atoms with Gasteiger partial charge in [0, 0.05) is 23.2 Å². The maximum absolute atomic E-state index is 14.4. The van der Waals surface area contributed by atoms with Crippen LogP contribution in [0, 0.1) is 5.82 Å². The third kappa shape index (κ3) is 7.32. The maximum Gasteiger partial charge on any atom is 0.244 e. The summed E-state index contributed by atoms with van der Waals surface area (Å²) in [5, 5.41) is 3.13. The summed E-state index contributed by atoms with van der Waals surface area (Å²) in [6.45, 7) is 4.36. The number of hydrogen-bond acceptors (Lipinski definition) is 4. The Morgan fingerprint density at radius 2 is 1.76 bits per heavy atom. The molecular weight excluding hydrogens is 504 g/mol. The van der Waals surface area contributed by atoms with Gasteiger partial charge >= 0.3 is 0 Å². The van der Waals surface area contributed by atoms with Gasteiger partial charge in [-0.25, -0.2) is 12.8 Å². The van der Waals surface area contributed by atoms with E-state index in [9.17, 15) is 22.4 Å². The van der Waals surface area contributed by atoms with Crippen LogP contribution in [0.4, 0.5) is 10.1 Å². The van der Waals surface area contributed by atoms with Crippen molar-refractivity contribution in [1.82, 2.24) is 10.2 Å². The van der Waals surface area contributed by atoms with E-state index in [1.54, 1.807) is 6.07 Å². The van der Waals surface area contributed by atoms with E-state index in [1.807, 2.05) is 13.8 Å². The number of rotatable bonds is 10. The van der Waals surface area contributed by atoms with Crippen LogP contribution in [0.15, 0.2) is 42.5 Å². The lowest BCUT2D eigenvalue weighted by atomic mass is 10.1. The van der Waals surface area contributed by atoms with Gasteiger partial charge in [0.2, 0.25) is 21.8 Å². The SMILES string of the molecule is CC[C@@H](C)NC(=O)[C@@H](C)N(Cc1ccccc1F)C(=O)CN(c1ccc(Cl)cc1Cl)S(C)(=O)=O. The van der Waals surface area contributed by atoms with Crippen LogP contribution in [0.5, 0.6) is 0 Å². The Morgan fingerprint density at radius 1 is 1.12 bits per heavy atom. The topological polar surface area (TPSA) is 86.8 Å². The van der Waals surface area contributed by atoms with Crippen molar-refractivity contribution in [3.8, 4) is 0 Å². The van der Waals surface area contributed by atoms with Gasteiger partial charge in [-0.2, -0.15) is 0 Å². The average molecular weight is 532 g/mol. The number of halogens is 3. The zero-order chi connectivity index (χ0) is 25.6. The van der Waals surface area contributed by atoms with Crippen molar-refractivity contribution in [2.45, 2.75) is 45.8 Å². The minimum Gasteiger partial charge on any atom is -0.352 e. The fourth-order valence-electron chi connectivity index (χ4n) is 3.14. The third-order valence-corrected chi connectivity index (χ3v) is 6.99. The normalized spacial score (nSPS) is 13.1. The Labute approximate surface area is 209 Å². The minimum atomic E-state index is -3.95. The monoisotopic (exact) mass is 531 g/mol. The van der Waals surface area contributed by atoms with Crippen LogP contribution < -0.4 is 9.62 Å². The van der Waals surface area contributed by atoms with Gasteiger partial charge < -0.3 is 10.2 Å². The van der Waals surface area contributed by atoms with Crippen LogP contribution in [0.2, 0.25) is 10.0 Å². The molecule has 2 aromatic carbocycles. The fraction of sp³-hybridized carbons (Fsp3) is 0.391. The van der Waals surface area contributed by atoms with Gasteiger partial charge in [0.15, 0.2) is 0 Å². The first-order valence-corrected chi connectivity index (χ1v) is 13.2. The van der Waals surface area contributed by atoms with Crippen molar-refractivity contribution in [1.29, 1.82) is 0 Å². The van der Waals surface area contributed by atoms with Crippen molar-refractivity contribution < 1.29 is 22.4 Å². The predicted molar refractivity (Wildman–Crippen MR) is 133 cm³/mol. The van der Waals surface area contributed by atoms with E-state index in [2.05, 4.69) is 5.32 Å². The number of anilines is 1. The Morgan fingerprint density at radius 3 is 2.32 bits per heavy atom. The Bertz CT molecular complexity index is 1150. The van der Waals surface area contributed by atoms with Crippen molar-refractivity contribution in [3.63, 3.8) is 0 Å². The van der Waals surface area contributed by atoms with E-state index < -0.39 is 40.2 Å². The Kier molecular flexibility index (Phi) is 9.73. The Balaban J connectivity index is 2.43. The van der Waals surface area contributed by atoms with Gasteiger partial charge in [-0.3, -0.25) is 13.9 Å². The zero-order valence-corrected chi connectivity index (χ0v) is 21.7. The molecule has 186 valence electrons. The molecule has 0 heterocycles. The van der Waals surface area contributed by atoms with Crippen LogP contribution in [-0.2, 0) is 26.2 Å². The first kappa shape index (κ1) is 27.9. The lowest BCUT2D eigenvalue weighted by Gasteiger charge is -2.32. The van der Waals surface area contributed by atoms with E-state index in [0.29, 0.717) is 11.4 Å². The number of nitrogens with one attached hydrogen (secondary N) is 1. The molecule has 0 spiro atoms. The molecule has 0 unspecified atom stereocenters. The molecule has 2 atom stereocenters. The molecule has 0 saturated carbocycles. The van der Waals surface area contributed by atoms with Crippen LogP contribution >= 0.6 is 23.2 Å². The zero-order valence-electron chi connectivity index (χ0n) is 19.4. The number of carbonyl (C=O) groups excluding carboxylic acids is 2. The highest BCUT2D eigenvalue weighted by molar-refractivity contribution is 7.92. The van der Waals surface area contributed by atoms with Crippen LogP contribution in [0.1, 0.15) is 32.8 Å². The average Bonchev–Trinajstić information content (AvgIpc) is 2.76. The molecule has 34 heavy (non-hydrogen) atoms. The molecule has 7 nitrogen and oxygen atoms in total. The molecule has 0 aromatic heterocycles. The molecule has 0 fully saturated rings. The number of carbonyl (C=O) groups is 2. The van der Waals surface area contributed by atoms with Crippen molar-refractivity contribution in [3.05, 3.63) is 63.9 Å². The number of nitrogens with zero attached hydrogens (tertiary/aromatic N) is 2. The van der Waals surface area contributed by atoms with E-state index >= 15 is 0 Å². The largest absolute Gasteiger partial charge is 0.352 e. The number of benzene rings is 2. The predicted octanol–water partition coefficient (Wildman–Crippen LogP) is 4.23. The van der Waals surface area contributed by atoms with Crippen LogP contribution in [-0.4, -0.2) is 50.0 Å². The highest BCUT2D eigenvalue weighted by Crippen LogP contribution is 2.30. The van der Waals surface area contributed by atoms with Crippen molar-refractivity contribution in [2.24, 2.45) is 0 Å². The van der Waals surface area contributed by atoms with Crippen molar-refractivity contribution >= 4 is 50.7 Å². The van der Waals surface area contributed by atoms with Crippen LogP contribution in [0.25, 0.3) is 0 Å². The molecule has 0 saturated heterocycles.